The molecule has 0 aromatic heterocycles. The number of rotatable bonds is 6. The minimum atomic E-state index is -1.76. The van der Waals surface area contributed by atoms with Crippen molar-refractivity contribution in [3.8, 4) is 11.8 Å². The zero-order valence-electron chi connectivity index (χ0n) is 12.1. The minimum absolute atomic E-state index is 0.0131. The van der Waals surface area contributed by atoms with E-state index in [9.17, 15) is 4.79 Å². The van der Waals surface area contributed by atoms with Gasteiger partial charge in [0.2, 0.25) is 0 Å². The van der Waals surface area contributed by atoms with Crippen LogP contribution in [0, 0.1) is 11.8 Å². The van der Waals surface area contributed by atoms with Crippen molar-refractivity contribution in [2.45, 2.75) is 71.2 Å². The van der Waals surface area contributed by atoms with Gasteiger partial charge in [-0.3, -0.25) is 0 Å². The normalized spacial score (nSPS) is 13.8. The average Bonchev–Trinajstić information content (AvgIpc) is 2.16. The van der Waals surface area contributed by atoms with Crippen molar-refractivity contribution in [1.29, 1.82) is 0 Å². The lowest BCUT2D eigenvalue weighted by Gasteiger charge is -2.38. The molecule has 0 heterocycles. The molecule has 0 fully saturated rings. The summed E-state index contributed by atoms with van der Waals surface area (Å²) in [6.07, 6.45) is 3.26. The van der Waals surface area contributed by atoms with Gasteiger partial charge in [0, 0.05) is 6.42 Å². The molecule has 0 aliphatic rings. The highest BCUT2D eigenvalue weighted by Gasteiger charge is 2.38. The summed E-state index contributed by atoms with van der Waals surface area (Å²) in [4.78, 5) is 10.3. The van der Waals surface area contributed by atoms with Crippen molar-refractivity contribution in [1.82, 2.24) is 0 Å². The SMILES string of the molecule is CC#CC(CCCC=O)O[Si](C)(C)C(C)(C)C. The average molecular weight is 254 g/mol. The number of carbonyl (C=O) groups is 1. The van der Waals surface area contributed by atoms with Gasteiger partial charge in [-0.05, 0) is 37.9 Å². The zero-order chi connectivity index (χ0) is 13.5. The molecule has 3 heteroatoms. The molecule has 1 unspecified atom stereocenters. The summed E-state index contributed by atoms with van der Waals surface area (Å²) in [6.45, 7) is 13.0. The molecule has 1 atom stereocenters. The molecule has 0 radical (unpaired) electrons. The van der Waals surface area contributed by atoms with E-state index in [2.05, 4.69) is 45.7 Å². The smallest absolute Gasteiger partial charge is 0.193 e. The fraction of sp³-hybridized carbons (Fsp3) is 0.786. The van der Waals surface area contributed by atoms with E-state index in [0.717, 1.165) is 19.1 Å². The van der Waals surface area contributed by atoms with Gasteiger partial charge in [0.25, 0.3) is 0 Å². The lowest BCUT2D eigenvalue weighted by Crippen LogP contribution is -2.43. The quantitative estimate of drug-likeness (QED) is 0.312. The predicted molar refractivity (Wildman–Crippen MR) is 75.4 cm³/mol. The molecule has 0 aliphatic heterocycles. The van der Waals surface area contributed by atoms with E-state index in [1.54, 1.807) is 0 Å². The van der Waals surface area contributed by atoms with E-state index in [1.165, 1.54) is 0 Å². The molecular formula is C14H26O2Si. The highest BCUT2D eigenvalue weighted by Crippen LogP contribution is 2.37. The fourth-order valence-corrected chi connectivity index (χ4v) is 2.48. The molecule has 0 saturated carbocycles. The number of hydrogen-bond donors (Lipinski definition) is 0. The van der Waals surface area contributed by atoms with E-state index in [-0.39, 0.29) is 11.1 Å². The van der Waals surface area contributed by atoms with E-state index < -0.39 is 8.32 Å². The molecule has 0 bridgehead atoms. The third-order valence-electron chi connectivity index (χ3n) is 3.34. The Morgan fingerprint density at radius 2 is 1.94 bits per heavy atom. The maximum Gasteiger partial charge on any atom is 0.193 e. The Labute approximate surface area is 107 Å². The lowest BCUT2D eigenvalue weighted by atomic mass is 10.2. The maximum atomic E-state index is 10.3. The number of hydrogen-bond acceptors (Lipinski definition) is 2. The Hall–Kier alpha value is -0.593. The van der Waals surface area contributed by atoms with Crippen molar-refractivity contribution < 1.29 is 9.22 Å². The van der Waals surface area contributed by atoms with Gasteiger partial charge in [0.1, 0.15) is 12.4 Å². The maximum absolute atomic E-state index is 10.3. The van der Waals surface area contributed by atoms with Gasteiger partial charge in [0.05, 0.1) is 0 Å². The molecule has 0 aromatic rings. The van der Waals surface area contributed by atoms with Crippen LogP contribution in [0.1, 0.15) is 47.0 Å². The lowest BCUT2D eigenvalue weighted by molar-refractivity contribution is -0.108. The number of unbranched alkanes of at least 4 members (excludes halogenated alkanes) is 1. The van der Waals surface area contributed by atoms with Crippen LogP contribution in [0.3, 0.4) is 0 Å². The van der Waals surface area contributed by atoms with E-state index in [0.29, 0.717) is 6.42 Å². The van der Waals surface area contributed by atoms with Gasteiger partial charge in [-0.2, -0.15) is 0 Å². The Morgan fingerprint density at radius 1 is 1.35 bits per heavy atom. The van der Waals surface area contributed by atoms with Crippen molar-refractivity contribution in [3.63, 3.8) is 0 Å². The van der Waals surface area contributed by atoms with Crippen molar-refractivity contribution in [2.24, 2.45) is 0 Å². The molecule has 17 heavy (non-hydrogen) atoms. The summed E-state index contributed by atoms with van der Waals surface area (Å²) in [5.41, 5.74) is 0. The van der Waals surface area contributed by atoms with Crippen LogP contribution in [0.4, 0.5) is 0 Å². The topological polar surface area (TPSA) is 26.3 Å². The Balaban J connectivity index is 4.52. The molecule has 2 nitrogen and oxygen atoms in total. The van der Waals surface area contributed by atoms with Crippen LogP contribution in [-0.4, -0.2) is 20.7 Å². The molecule has 98 valence electrons. The second-order valence-electron chi connectivity index (χ2n) is 5.86. The van der Waals surface area contributed by atoms with Crippen LogP contribution in [-0.2, 0) is 9.22 Å². The van der Waals surface area contributed by atoms with Gasteiger partial charge in [-0.15, -0.1) is 5.92 Å². The highest BCUT2D eigenvalue weighted by atomic mass is 28.4. The minimum Gasteiger partial charge on any atom is -0.403 e. The Bertz CT molecular complexity index is 292. The first-order valence-electron chi connectivity index (χ1n) is 6.28. The summed E-state index contributed by atoms with van der Waals surface area (Å²) >= 11 is 0. The van der Waals surface area contributed by atoms with Gasteiger partial charge in [-0.25, -0.2) is 0 Å². The van der Waals surface area contributed by atoms with Gasteiger partial charge in [0.15, 0.2) is 8.32 Å². The van der Waals surface area contributed by atoms with Crippen LogP contribution < -0.4 is 0 Å². The molecule has 0 N–H and O–H groups in total. The summed E-state index contributed by atoms with van der Waals surface area (Å²) in [6, 6.07) is 0. The molecule has 0 spiro atoms. The molecule has 0 aliphatic carbocycles. The van der Waals surface area contributed by atoms with Crippen molar-refractivity contribution >= 4 is 14.6 Å². The first-order valence-corrected chi connectivity index (χ1v) is 9.19. The summed E-state index contributed by atoms with van der Waals surface area (Å²) < 4.78 is 6.24. The molecule has 0 rings (SSSR count). The third-order valence-corrected chi connectivity index (χ3v) is 7.82. The second-order valence-corrected chi connectivity index (χ2v) is 10.6. The Kier molecular flexibility index (Phi) is 6.73. The number of aldehydes is 1. The van der Waals surface area contributed by atoms with Crippen molar-refractivity contribution in [3.05, 3.63) is 0 Å². The largest absolute Gasteiger partial charge is 0.403 e. The zero-order valence-corrected chi connectivity index (χ0v) is 13.1. The molecule has 0 amide bonds. The standard InChI is InChI=1S/C14H26O2Si/c1-7-10-13(11-8-9-12-15)16-17(5,6)14(2,3)4/h12-13H,8-9,11H2,1-6H3. The number of carbonyl (C=O) groups excluding carboxylic acids is 1. The molecule has 0 aromatic carbocycles. The van der Waals surface area contributed by atoms with Gasteiger partial charge >= 0.3 is 0 Å². The predicted octanol–water partition coefficient (Wildman–Crippen LogP) is 3.77. The van der Waals surface area contributed by atoms with E-state index in [4.69, 9.17) is 4.43 Å². The summed E-state index contributed by atoms with van der Waals surface area (Å²) in [5.74, 6) is 6.04. The Morgan fingerprint density at radius 3 is 2.35 bits per heavy atom. The van der Waals surface area contributed by atoms with E-state index in [1.807, 2.05) is 6.92 Å². The van der Waals surface area contributed by atoms with Crippen LogP contribution in [0.5, 0.6) is 0 Å². The van der Waals surface area contributed by atoms with Gasteiger partial charge in [-0.1, -0.05) is 26.7 Å². The van der Waals surface area contributed by atoms with Crippen molar-refractivity contribution in [2.75, 3.05) is 0 Å². The highest BCUT2D eigenvalue weighted by molar-refractivity contribution is 6.74. The van der Waals surface area contributed by atoms with Crippen LogP contribution in [0.15, 0.2) is 0 Å². The monoisotopic (exact) mass is 254 g/mol. The fourth-order valence-electron chi connectivity index (χ4n) is 1.24. The third kappa shape index (κ3) is 6.04. The molecule has 0 saturated heterocycles. The van der Waals surface area contributed by atoms with Crippen LogP contribution in [0.2, 0.25) is 18.1 Å². The van der Waals surface area contributed by atoms with Gasteiger partial charge < -0.3 is 9.22 Å². The van der Waals surface area contributed by atoms with E-state index >= 15 is 0 Å². The summed E-state index contributed by atoms with van der Waals surface area (Å²) in [7, 11) is -1.76. The van der Waals surface area contributed by atoms with Crippen LogP contribution in [0.25, 0.3) is 0 Å². The summed E-state index contributed by atoms with van der Waals surface area (Å²) in [5, 5.41) is 0.200. The molecular weight excluding hydrogens is 228 g/mol. The van der Waals surface area contributed by atoms with Crippen LogP contribution >= 0.6 is 0 Å². The first-order chi connectivity index (χ1) is 7.74. The first kappa shape index (κ1) is 16.4. The second kappa shape index (κ2) is 6.98.